The fourth-order valence-electron chi connectivity index (χ4n) is 2.43. The Kier molecular flexibility index (Phi) is 12.2. The molecule has 4 amide bonds. The first kappa shape index (κ1) is 29.7. The molecule has 0 aromatic rings. The lowest BCUT2D eigenvalue weighted by atomic mass is 10.1. The Balaban J connectivity index is 5.62. The predicted octanol–water partition coefficient (Wildman–Crippen LogP) is -4.46. The van der Waals surface area contributed by atoms with E-state index in [1.165, 1.54) is 0 Å². The zero-order valence-electron chi connectivity index (χ0n) is 17.6. The van der Waals surface area contributed by atoms with Crippen molar-refractivity contribution in [3.8, 4) is 0 Å². The first-order chi connectivity index (χ1) is 15.6. The normalized spacial score (nSPS) is 13.9. The van der Waals surface area contributed by atoms with E-state index in [-0.39, 0.29) is 0 Å². The van der Waals surface area contributed by atoms with Crippen LogP contribution in [-0.4, -0.2) is 92.1 Å². The molecule has 0 aliphatic carbocycles. The predicted molar refractivity (Wildman–Crippen MR) is 107 cm³/mol. The van der Waals surface area contributed by atoms with Crippen molar-refractivity contribution >= 4 is 47.5 Å². The van der Waals surface area contributed by atoms with Gasteiger partial charge in [-0.05, 0) is 6.42 Å². The van der Waals surface area contributed by atoms with Gasteiger partial charge in [0, 0.05) is 6.42 Å². The van der Waals surface area contributed by atoms with Crippen LogP contribution in [0.3, 0.4) is 0 Å². The summed E-state index contributed by atoms with van der Waals surface area (Å²) in [6.45, 7) is 0. The second kappa shape index (κ2) is 14.0. The molecule has 0 heterocycles. The van der Waals surface area contributed by atoms with Crippen molar-refractivity contribution in [2.24, 2.45) is 11.5 Å². The van der Waals surface area contributed by atoms with Gasteiger partial charge in [-0.3, -0.25) is 33.6 Å². The van der Waals surface area contributed by atoms with Gasteiger partial charge < -0.3 is 47.8 Å². The Labute approximate surface area is 190 Å². The summed E-state index contributed by atoms with van der Waals surface area (Å²) in [5, 5.41) is 41.4. The number of hydrogen-bond donors (Lipinski definition) is 9. The number of carboxylic acid groups (broad SMARTS) is 4. The summed E-state index contributed by atoms with van der Waals surface area (Å²) >= 11 is 0. The highest BCUT2D eigenvalue weighted by molar-refractivity contribution is 5.96. The molecule has 4 atom stereocenters. The largest absolute Gasteiger partial charge is 0.481 e. The number of aliphatic carboxylic acids is 4. The van der Waals surface area contributed by atoms with Crippen LogP contribution in [0.1, 0.15) is 32.1 Å². The number of carbonyl (C=O) groups is 8. The van der Waals surface area contributed by atoms with Crippen molar-refractivity contribution < 1.29 is 58.8 Å². The van der Waals surface area contributed by atoms with E-state index in [1.54, 1.807) is 0 Å². The van der Waals surface area contributed by atoms with E-state index in [2.05, 4.69) is 0 Å². The Bertz CT molecular complexity index is 845. The monoisotopic (exact) mass is 491 g/mol. The van der Waals surface area contributed by atoms with Crippen molar-refractivity contribution in [1.82, 2.24) is 16.0 Å². The summed E-state index contributed by atoms with van der Waals surface area (Å²) in [5.74, 6) is -10.9. The van der Waals surface area contributed by atoms with Gasteiger partial charge >= 0.3 is 23.9 Å². The molecule has 34 heavy (non-hydrogen) atoms. The lowest BCUT2D eigenvalue weighted by Gasteiger charge is -2.24. The molecule has 0 aromatic heterocycles. The maximum atomic E-state index is 12.6. The van der Waals surface area contributed by atoms with Crippen LogP contribution in [0.2, 0.25) is 0 Å². The fourth-order valence-corrected chi connectivity index (χ4v) is 2.43. The van der Waals surface area contributed by atoms with E-state index in [9.17, 15) is 38.4 Å². The molecule has 4 unspecified atom stereocenters. The third-order valence-corrected chi connectivity index (χ3v) is 4.04. The molecule has 0 aliphatic heterocycles. The van der Waals surface area contributed by atoms with E-state index >= 15 is 0 Å². The number of nitrogens with one attached hydrogen (secondary N) is 3. The number of amides is 4. The lowest BCUT2D eigenvalue weighted by Crippen LogP contribution is -2.57. The van der Waals surface area contributed by atoms with Crippen LogP contribution in [0.5, 0.6) is 0 Å². The van der Waals surface area contributed by atoms with Crippen molar-refractivity contribution in [3.63, 3.8) is 0 Å². The first-order valence-corrected chi connectivity index (χ1v) is 9.47. The molecule has 0 radical (unpaired) electrons. The number of rotatable bonds is 16. The van der Waals surface area contributed by atoms with Crippen LogP contribution < -0.4 is 27.4 Å². The molecule has 0 saturated heterocycles. The Morgan fingerprint density at radius 1 is 0.618 bits per heavy atom. The Morgan fingerprint density at radius 2 is 1.09 bits per heavy atom. The zero-order chi connectivity index (χ0) is 26.6. The summed E-state index contributed by atoms with van der Waals surface area (Å²) in [6, 6.07) is -7.03. The average Bonchev–Trinajstić information content (AvgIpc) is 2.68. The molecule has 0 bridgehead atoms. The average molecular weight is 491 g/mol. The second-order valence-electron chi connectivity index (χ2n) is 6.93. The number of hydrogen-bond acceptors (Lipinski definition) is 9. The quantitative estimate of drug-likeness (QED) is 0.0984. The van der Waals surface area contributed by atoms with E-state index in [1.807, 2.05) is 16.0 Å². The Morgan fingerprint density at radius 3 is 1.53 bits per heavy atom. The van der Waals surface area contributed by atoms with Gasteiger partial charge in [0.05, 0.1) is 25.3 Å². The van der Waals surface area contributed by atoms with Crippen LogP contribution >= 0.6 is 0 Å². The third-order valence-electron chi connectivity index (χ3n) is 4.04. The number of carboxylic acids is 4. The maximum absolute atomic E-state index is 12.6. The fraction of sp³-hybridized carbons (Fsp3) is 0.529. The maximum Gasteiger partial charge on any atom is 0.326 e. The highest BCUT2D eigenvalue weighted by Crippen LogP contribution is 2.04. The minimum atomic E-state index is -1.91. The molecule has 0 aromatic carbocycles. The molecule has 17 heteroatoms. The van der Waals surface area contributed by atoms with Crippen molar-refractivity contribution in [1.29, 1.82) is 0 Å². The zero-order valence-corrected chi connectivity index (χ0v) is 17.6. The van der Waals surface area contributed by atoms with Gasteiger partial charge in [0.25, 0.3) is 0 Å². The molecule has 190 valence electrons. The van der Waals surface area contributed by atoms with Crippen LogP contribution in [0.25, 0.3) is 0 Å². The Hall–Kier alpha value is -4.28. The number of nitrogens with two attached hydrogens (primary N) is 2. The summed E-state index contributed by atoms with van der Waals surface area (Å²) < 4.78 is 0. The standard InChI is InChI=1S/C17H25N5O12/c18-6(3-12(26)27)14(30)20-7(1-2-11(24)25)15(31)21-8(5-13(28)29)16(32)22-9(17(33)34)4-10(19)23/h6-9H,1-5,18H2,(H2,19,23)(H,20,30)(H,21,31)(H,22,32)(H,24,25)(H,26,27)(H,28,29)(H,33,34). The summed E-state index contributed by atoms with van der Waals surface area (Å²) in [5.41, 5.74) is 10.3. The highest BCUT2D eigenvalue weighted by atomic mass is 16.4. The van der Waals surface area contributed by atoms with Crippen LogP contribution in [0.15, 0.2) is 0 Å². The SMILES string of the molecule is NC(=O)CC(NC(=O)C(CC(=O)O)NC(=O)C(CCC(=O)O)NC(=O)C(N)CC(=O)O)C(=O)O. The van der Waals surface area contributed by atoms with Gasteiger partial charge in [-0.1, -0.05) is 0 Å². The smallest absolute Gasteiger partial charge is 0.326 e. The minimum absolute atomic E-state index is 0.548. The van der Waals surface area contributed by atoms with Gasteiger partial charge in [0.2, 0.25) is 23.6 Å². The van der Waals surface area contributed by atoms with E-state index in [0.717, 1.165) is 0 Å². The van der Waals surface area contributed by atoms with E-state index in [4.69, 9.17) is 31.9 Å². The summed E-state index contributed by atoms with van der Waals surface area (Å²) in [7, 11) is 0. The van der Waals surface area contributed by atoms with Crippen molar-refractivity contribution in [3.05, 3.63) is 0 Å². The van der Waals surface area contributed by atoms with Crippen LogP contribution in [0, 0.1) is 0 Å². The van der Waals surface area contributed by atoms with E-state index < -0.39 is 104 Å². The lowest BCUT2D eigenvalue weighted by molar-refractivity contribution is -0.144. The molecule has 0 fully saturated rings. The molecule has 0 aliphatic rings. The molecular formula is C17H25N5O12. The minimum Gasteiger partial charge on any atom is -0.481 e. The molecule has 17 nitrogen and oxygen atoms in total. The topological polar surface area (TPSA) is 306 Å². The van der Waals surface area contributed by atoms with Gasteiger partial charge in [0.15, 0.2) is 0 Å². The first-order valence-electron chi connectivity index (χ1n) is 9.47. The van der Waals surface area contributed by atoms with Crippen molar-refractivity contribution in [2.45, 2.75) is 56.3 Å². The second-order valence-corrected chi connectivity index (χ2v) is 6.93. The number of carbonyl (C=O) groups excluding carboxylic acids is 4. The highest BCUT2D eigenvalue weighted by Gasteiger charge is 2.32. The molecule has 0 rings (SSSR count). The van der Waals surface area contributed by atoms with Gasteiger partial charge in [0.1, 0.15) is 18.1 Å². The van der Waals surface area contributed by atoms with Gasteiger partial charge in [-0.15, -0.1) is 0 Å². The van der Waals surface area contributed by atoms with E-state index in [0.29, 0.717) is 0 Å². The molecular weight excluding hydrogens is 466 g/mol. The summed E-state index contributed by atoms with van der Waals surface area (Å²) in [6.07, 6.45) is -3.93. The van der Waals surface area contributed by atoms with Gasteiger partial charge in [-0.2, -0.15) is 0 Å². The molecule has 11 N–H and O–H groups in total. The van der Waals surface area contributed by atoms with Crippen LogP contribution in [-0.2, 0) is 38.4 Å². The van der Waals surface area contributed by atoms with Gasteiger partial charge in [-0.25, -0.2) is 4.79 Å². The molecule has 0 saturated carbocycles. The van der Waals surface area contributed by atoms with Crippen molar-refractivity contribution in [2.75, 3.05) is 0 Å². The third kappa shape index (κ3) is 11.9. The summed E-state index contributed by atoms with van der Waals surface area (Å²) in [4.78, 5) is 91.8. The van der Waals surface area contributed by atoms with Crippen LogP contribution in [0.4, 0.5) is 0 Å². The number of primary amides is 1. The molecule has 0 spiro atoms.